The molecule has 2 aromatic rings. The molecule has 2 aliphatic heterocycles. The number of hydrogen-bond acceptors (Lipinski definition) is 4. The fourth-order valence-electron chi connectivity index (χ4n) is 4.87. The van der Waals surface area contributed by atoms with Gasteiger partial charge >= 0.3 is 0 Å². The third-order valence-electron chi connectivity index (χ3n) is 6.61. The summed E-state index contributed by atoms with van der Waals surface area (Å²) in [7, 11) is 1.64. The summed E-state index contributed by atoms with van der Waals surface area (Å²) >= 11 is 0. The van der Waals surface area contributed by atoms with Gasteiger partial charge in [-0.1, -0.05) is 30.3 Å². The lowest BCUT2D eigenvalue weighted by Gasteiger charge is -2.31. The Morgan fingerprint density at radius 1 is 1.16 bits per heavy atom. The van der Waals surface area contributed by atoms with Crippen LogP contribution in [0.3, 0.4) is 0 Å². The van der Waals surface area contributed by atoms with Gasteiger partial charge in [-0.3, -0.25) is 14.4 Å². The minimum Gasteiger partial charge on any atom is -0.383 e. The van der Waals surface area contributed by atoms with Crippen LogP contribution in [0.15, 0.2) is 41.3 Å². The highest BCUT2D eigenvalue weighted by atomic mass is 16.5. The summed E-state index contributed by atoms with van der Waals surface area (Å²) in [6.07, 6.45) is 4.86. The number of fused-ring (bicyclic) bond motifs is 1. The average Bonchev–Trinajstić information content (AvgIpc) is 3.26. The molecule has 0 spiro atoms. The SMILES string of the molecule is COC[C@@H]1CCCN1C(=O)c1c2c(cn(CCc3ccccc3)c1=O)CN(C(C)=O)CC2. The maximum Gasteiger partial charge on any atom is 0.263 e. The Bertz CT molecular complexity index is 1050. The van der Waals surface area contributed by atoms with Crippen molar-refractivity contribution in [3.8, 4) is 0 Å². The number of carbonyl (C=O) groups is 2. The van der Waals surface area contributed by atoms with E-state index in [0.29, 0.717) is 45.6 Å². The van der Waals surface area contributed by atoms with Crippen molar-refractivity contribution in [3.05, 3.63) is 69.1 Å². The Kier molecular flexibility index (Phi) is 6.74. The Balaban J connectivity index is 1.72. The van der Waals surface area contributed by atoms with Gasteiger partial charge in [0.2, 0.25) is 5.91 Å². The number of amides is 2. The molecule has 1 saturated heterocycles. The highest BCUT2D eigenvalue weighted by Gasteiger charge is 2.34. The van der Waals surface area contributed by atoms with E-state index in [1.165, 1.54) is 0 Å². The second kappa shape index (κ2) is 9.69. The zero-order valence-electron chi connectivity index (χ0n) is 18.9. The molecule has 0 aliphatic carbocycles. The smallest absolute Gasteiger partial charge is 0.263 e. The van der Waals surface area contributed by atoms with E-state index in [1.54, 1.807) is 28.4 Å². The van der Waals surface area contributed by atoms with E-state index in [-0.39, 0.29) is 29.0 Å². The Morgan fingerprint density at radius 3 is 2.66 bits per heavy atom. The monoisotopic (exact) mass is 437 g/mol. The molecular formula is C25H31N3O4. The summed E-state index contributed by atoms with van der Waals surface area (Å²) < 4.78 is 6.97. The molecule has 0 unspecified atom stereocenters. The van der Waals surface area contributed by atoms with E-state index in [0.717, 1.165) is 29.5 Å². The van der Waals surface area contributed by atoms with Crippen molar-refractivity contribution in [2.24, 2.45) is 0 Å². The molecule has 1 fully saturated rings. The topological polar surface area (TPSA) is 71.8 Å². The van der Waals surface area contributed by atoms with Crippen LogP contribution in [0.5, 0.6) is 0 Å². The normalized spacial score (nSPS) is 18.0. The summed E-state index contributed by atoms with van der Waals surface area (Å²) in [6, 6.07) is 9.99. The molecule has 2 amide bonds. The van der Waals surface area contributed by atoms with E-state index in [4.69, 9.17) is 4.74 Å². The van der Waals surface area contributed by atoms with Crippen LogP contribution in [-0.2, 0) is 35.5 Å². The van der Waals surface area contributed by atoms with Crippen molar-refractivity contribution >= 4 is 11.8 Å². The van der Waals surface area contributed by atoms with Gasteiger partial charge in [0.25, 0.3) is 11.5 Å². The van der Waals surface area contributed by atoms with Gasteiger partial charge in [0.1, 0.15) is 5.56 Å². The van der Waals surface area contributed by atoms with Gasteiger partial charge < -0.3 is 19.1 Å². The quantitative estimate of drug-likeness (QED) is 0.695. The summed E-state index contributed by atoms with van der Waals surface area (Å²) in [5.74, 6) is -0.193. The number of ether oxygens (including phenoxy) is 1. The molecule has 1 atom stereocenters. The predicted molar refractivity (Wildman–Crippen MR) is 122 cm³/mol. The average molecular weight is 438 g/mol. The molecule has 1 aromatic carbocycles. The van der Waals surface area contributed by atoms with Crippen molar-refractivity contribution in [1.82, 2.24) is 14.4 Å². The minimum absolute atomic E-state index is 0.00201. The Morgan fingerprint density at radius 2 is 1.94 bits per heavy atom. The molecule has 7 nitrogen and oxygen atoms in total. The van der Waals surface area contributed by atoms with Crippen LogP contribution in [0.4, 0.5) is 0 Å². The number of benzene rings is 1. The molecule has 0 saturated carbocycles. The molecule has 3 heterocycles. The second-order valence-electron chi connectivity index (χ2n) is 8.68. The third-order valence-corrected chi connectivity index (χ3v) is 6.61. The van der Waals surface area contributed by atoms with Crippen LogP contribution < -0.4 is 5.56 Å². The first-order valence-corrected chi connectivity index (χ1v) is 11.3. The van der Waals surface area contributed by atoms with Crippen LogP contribution in [0, 0.1) is 0 Å². The number of aromatic nitrogens is 1. The Hall–Kier alpha value is -2.93. The molecule has 2 aliphatic rings. The van der Waals surface area contributed by atoms with Crippen molar-refractivity contribution < 1.29 is 14.3 Å². The lowest BCUT2D eigenvalue weighted by atomic mass is 9.95. The Labute approximate surface area is 188 Å². The summed E-state index contributed by atoms with van der Waals surface area (Å²) in [5.41, 5.74) is 2.88. The van der Waals surface area contributed by atoms with Crippen molar-refractivity contribution in [3.63, 3.8) is 0 Å². The number of likely N-dealkylation sites (tertiary alicyclic amines) is 1. The summed E-state index contributed by atoms with van der Waals surface area (Å²) in [4.78, 5) is 42.7. The number of rotatable bonds is 6. The van der Waals surface area contributed by atoms with Gasteiger partial charge in [0.15, 0.2) is 0 Å². The van der Waals surface area contributed by atoms with Crippen molar-refractivity contribution in [2.75, 3.05) is 26.8 Å². The van der Waals surface area contributed by atoms with Gasteiger partial charge in [0.05, 0.1) is 12.6 Å². The number of pyridine rings is 1. The molecule has 7 heteroatoms. The molecular weight excluding hydrogens is 406 g/mol. The van der Waals surface area contributed by atoms with Crippen molar-refractivity contribution in [1.29, 1.82) is 0 Å². The fourth-order valence-corrected chi connectivity index (χ4v) is 4.87. The second-order valence-corrected chi connectivity index (χ2v) is 8.68. The minimum atomic E-state index is -0.232. The first kappa shape index (κ1) is 22.3. The molecule has 32 heavy (non-hydrogen) atoms. The predicted octanol–water partition coefficient (Wildman–Crippen LogP) is 2.25. The lowest BCUT2D eigenvalue weighted by Crippen LogP contribution is -2.44. The van der Waals surface area contributed by atoms with E-state index < -0.39 is 0 Å². The van der Waals surface area contributed by atoms with Crippen LogP contribution in [0.25, 0.3) is 0 Å². The number of carbonyl (C=O) groups excluding carboxylic acids is 2. The third kappa shape index (κ3) is 4.48. The van der Waals surface area contributed by atoms with Gasteiger partial charge in [-0.25, -0.2) is 0 Å². The fraction of sp³-hybridized carbons (Fsp3) is 0.480. The summed E-state index contributed by atoms with van der Waals surface area (Å²) in [6.45, 7) is 4.11. The van der Waals surface area contributed by atoms with Crippen LogP contribution in [-0.4, -0.2) is 59.0 Å². The standard InChI is InChI=1S/C25H31N3O4/c1-18(29)26-14-11-22-20(15-26)16-27(13-10-19-7-4-3-5-8-19)24(30)23(22)25(31)28-12-6-9-21(28)17-32-2/h3-5,7-8,16,21H,6,9-15,17H2,1-2H3/t21-/m0/s1. The molecule has 4 rings (SSSR count). The highest BCUT2D eigenvalue weighted by Crippen LogP contribution is 2.25. The van der Waals surface area contributed by atoms with Crippen LogP contribution in [0.1, 0.15) is 46.8 Å². The van der Waals surface area contributed by atoms with Gasteiger partial charge in [-0.05, 0) is 42.4 Å². The highest BCUT2D eigenvalue weighted by molar-refractivity contribution is 5.96. The zero-order valence-corrected chi connectivity index (χ0v) is 18.9. The van der Waals surface area contributed by atoms with Crippen LogP contribution in [0.2, 0.25) is 0 Å². The lowest BCUT2D eigenvalue weighted by molar-refractivity contribution is -0.129. The molecule has 0 radical (unpaired) electrons. The van der Waals surface area contributed by atoms with E-state index in [9.17, 15) is 14.4 Å². The van der Waals surface area contributed by atoms with Gasteiger partial charge in [0, 0.05) is 46.4 Å². The molecule has 0 N–H and O–H groups in total. The summed E-state index contributed by atoms with van der Waals surface area (Å²) in [5, 5.41) is 0. The number of aryl methyl sites for hydroxylation is 2. The first-order chi connectivity index (χ1) is 15.5. The van der Waals surface area contributed by atoms with Gasteiger partial charge in [-0.15, -0.1) is 0 Å². The number of hydrogen-bond donors (Lipinski definition) is 0. The number of nitrogens with zero attached hydrogens (tertiary/aromatic N) is 3. The van der Waals surface area contributed by atoms with E-state index >= 15 is 0 Å². The van der Waals surface area contributed by atoms with Gasteiger partial charge in [-0.2, -0.15) is 0 Å². The largest absolute Gasteiger partial charge is 0.383 e. The van der Waals surface area contributed by atoms with E-state index in [2.05, 4.69) is 0 Å². The molecule has 0 bridgehead atoms. The maximum atomic E-state index is 13.6. The molecule has 1 aromatic heterocycles. The molecule has 170 valence electrons. The maximum absolute atomic E-state index is 13.6. The first-order valence-electron chi connectivity index (χ1n) is 11.3. The van der Waals surface area contributed by atoms with Crippen molar-refractivity contribution in [2.45, 2.75) is 51.7 Å². The van der Waals surface area contributed by atoms with Crippen LogP contribution >= 0.6 is 0 Å². The van der Waals surface area contributed by atoms with E-state index in [1.807, 2.05) is 36.5 Å². The number of methoxy groups -OCH3 is 1. The zero-order chi connectivity index (χ0) is 22.7.